The number of amides is 1. The number of hydrogen-bond donors (Lipinski definition) is 4. The number of H-pyrrole nitrogens is 1. The standard InChI is InChI=1S/C16H14N4O4S/c21-16(19-22)15-10-14(17-18-15)11-5-4-6-12(9-11)20-25(23,24)13-7-2-1-3-8-13/h1-10,22H,(H,17,18)(H,19,21)(H,20,23,24)/p+1. The Kier molecular flexibility index (Phi) is 4.50. The minimum atomic E-state index is -3.45. The molecule has 0 aliphatic rings. The zero-order valence-electron chi connectivity index (χ0n) is 12.8. The molecule has 1 heterocycles. The number of aromatic amines is 1. The number of nitrogens with zero attached hydrogens (tertiary/aromatic N) is 1. The molecule has 5 N–H and O–H groups in total. The van der Waals surface area contributed by atoms with Crippen LogP contribution in [0.5, 0.6) is 0 Å². The molecule has 0 radical (unpaired) electrons. The van der Waals surface area contributed by atoms with E-state index in [1.165, 1.54) is 11.5 Å². The number of benzene rings is 2. The smallest absolute Gasteiger partial charge is 0.288 e. The van der Waals surface area contributed by atoms with Gasteiger partial charge in [0.15, 0.2) is 0 Å². The van der Waals surface area contributed by atoms with Crippen LogP contribution in [-0.4, -0.2) is 29.7 Å². The normalized spacial score (nSPS) is 13.0. The molecule has 128 valence electrons. The minimum absolute atomic E-state index is 0.0890. The molecule has 0 fully saturated rings. The summed E-state index contributed by atoms with van der Waals surface area (Å²) in [4.78, 5) is 11.6. The Morgan fingerprint density at radius 1 is 1.12 bits per heavy atom. The second-order valence-corrected chi connectivity index (χ2v) is 6.86. The van der Waals surface area contributed by atoms with Crippen LogP contribution in [0.15, 0.2) is 65.6 Å². The molecule has 0 saturated carbocycles. The molecule has 0 bridgehead atoms. The van der Waals surface area contributed by atoms with Gasteiger partial charge in [0.2, 0.25) is 0 Å². The third-order valence-electron chi connectivity index (χ3n) is 3.40. The van der Waals surface area contributed by atoms with Gasteiger partial charge >= 0.3 is 10.0 Å². The first kappa shape index (κ1) is 16.7. The van der Waals surface area contributed by atoms with Crippen molar-refractivity contribution in [3.63, 3.8) is 0 Å². The van der Waals surface area contributed by atoms with Gasteiger partial charge in [0.25, 0.3) is 5.91 Å². The molecule has 1 amide bonds. The van der Waals surface area contributed by atoms with E-state index in [9.17, 15) is 13.2 Å². The van der Waals surface area contributed by atoms with Gasteiger partial charge in [-0.25, -0.2) is 14.4 Å². The van der Waals surface area contributed by atoms with Crippen molar-refractivity contribution in [1.29, 1.82) is 0 Å². The fraction of sp³-hybridized carbons (Fsp3) is 0. The van der Waals surface area contributed by atoms with Crippen LogP contribution in [0.3, 0.4) is 0 Å². The number of carbonyl (C=O) groups excluding carboxylic acids is 1. The molecular weight excluding hydrogens is 344 g/mol. The maximum absolute atomic E-state index is 12.5. The van der Waals surface area contributed by atoms with Gasteiger partial charge in [-0.2, -0.15) is 9.31 Å². The molecule has 2 aromatic carbocycles. The molecule has 3 aromatic rings. The highest BCUT2D eigenvalue weighted by molar-refractivity contribution is 7.92. The molecule has 0 spiro atoms. The lowest BCUT2D eigenvalue weighted by Gasteiger charge is -2.05. The van der Waals surface area contributed by atoms with Gasteiger partial charge in [-0.1, -0.05) is 30.3 Å². The number of carbonyl (C=O) groups is 1. The second-order valence-electron chi connectivity index (χ2n) is 5.13. The summed E-state index contributed by atoms with van der Waals surface area (Å²) in [6, 6.07) is 16.4. The first-order valence-corrected chi connectivity index (χ1v) is 8.71. The zero-order valence-corrected chi connectivity index (χ0v) is 13.7. The van der Waals surface area contributed by atoms with Crippen LogP contribution in [0.1, 0.15) is 10.5 Å². The highest BCUT2D eigenvalue weighted by Gasteiger charge is 2.20. The minimum Gasteiger partial charge on any atom is -0.288 e. The van der Waals surface area contributed by atoms with Crippen molar-refractivity contribution in [2.24, 2.45) is 0 Å². The molecule has 25 heavy (non-hydrogen) atoms. The van der Waals surface area contributed by atoms with E-state index in [1.54, 1.807) is 54.6 Å². The summed E-state index contributed by atoms with van der Waals surface area (Å²) in [5, 5.41) is 15.1. The lowest BCUT2D eigenvalue weighted by Crippen LogP contribution is -2.18. The maximum atomic E-state index is 12.5. The third-order valence-corrected chi connectivity index (χ3v) is 4.82. The summed E-state index contributed by atoms with van der Waals surface area (Å²) >= 11 is 0. The molecule has 0 aliphatic carbocycles. The van der Waals surface area contributed by atoms with Crippen LogP contribution in [0.2, 0.25) is 0 Å². The quantitative estimate of drug-likeness (QED) is 0.316. The highest BCUT2D eigenvalue weighted by Crippen LogP contribution is 2.23. The highest BCUT2D eigenvalue weighted by atomic mass is 32.2. The summed E-state index contributed by atoms with van der Waals surface area (Å²) in [5.41, 5.74) is 3.10. The molecule has 8 nitrogen and oxygen atoms in total. The van der Waals surface area contributed by atoms with Crippen LogP contribution in [-0.2, 0) is 10.0 Å². The fourth-order valence-corrected chi connectivity index (χ4v) is 3.30. The van der Waals surface area contributed by atoms with E-state index in [4.69, 9.17) is 5.21 Å². The van der Waals surface area contributed by atoms with Gasteiger partial charge in [0, 0.05) is 5.56 Å². The molecule has 0 saturated heterocycles. The number of nitrogens with one attached hydrogen (secondary N) is 3. The fourth-order valence-electron chi connectivity index (χ4n) is 2.21. The van der Waals surface area contributed by atoms with E-state index in [1.807, 2.05) is 0 Å². The van der Waals surface area contributed by atoms with Crippen LogP contribution in [0, 0.1) is 0 Å². The summed E-state index contributed by atoms with van der Waals surface area (Å²) in [6.07, 6.45) is 0. The van der Waals surface area contributed by atoms with Gasteiger partial charge in [-0.3, -0.25) is 15.1 Å². The number of anilines is 1. The van der Waals surface area contributed by atoms with Crippen molar-refractivity contribution in [2.75, 3.05) is 4.72 Å². The molecule has 1 unspecified atom stereocenters. The zero-order chi connectivity index (χ0) is 17.9. The Morgan fingerprint density at radius 2 is 1.88 bits per heavy atom. The predicted molar refractivity (Wildman–Crippen MR) is 91.7 cm³/mol. The summed E-state index contributed by atoms with van der Waals surface area (Å²) in [7, 11) is -3.45. The Balaban J connectivity index is 1.87. The number of rotatable bonds is 5. The van der Waals surface area contributed by atoms with Crippen molar-refractivity contribution in [2.45, 2.75) is 4.90 Å². The van der Waals surface area contributed by atoms with Crippen LogP contribution < -0.4 is 10.2 Å². The van der Waals surface area contributed by atoms with Crippen molar-refractivity contribution >= 4 is 21.6 Å². The van der Waals surface area contributed by atoms with E-state index >= 15 is 0 Å². The SMILES string of the molecule is O=C(NO)c1cc(-c2cccc(NS(=O)(=[OH+])c3ccccc3)c2)n[nH]1. The molecule has 1 atom stereocenters. The Labute approximate surface area is 143 Å². The van der Waals surface area contributed by atoms with Gasteiger partial charge in [0.1, 0.15) is 10.6 Å². The molecule has 0 aliphatic heterocycles. The number of aromatic nitrogens is 2. The summed E-state index contributed by atoms with van der Waals surface area (Å²) in [5.74, 6) is -0.713. The van der Waals surface area contributed by atoms with Crippen molar-refractivity contribution in [1.82, 2.24) is 15.7 Å². The Morgan fingerprint density at radius 3 is 2.60 bits per heavy atom. The van der Waals surface area contributed by atoms with E-state index in [2.05, 4.69) is 14.9 Å². The van der Waals surface area contributed by atoms with E-state index in [0.29, 0.717) is 16.9 Å². The molecule has 1 aromatic heterocycles. The predicted octanol–water partition coefficient (Wildman–Crippen LogP) is 2.15. The average molecular weight is 359 g/mol. The Bertz CT molecular complexity index is 1000. The summed E-state index contributed by atoms with van der Waals surface area (Å²) in [6.45, 7) is 0. The van der Waals surface area contributed by atoms with Crippen molar-refractivity contribution in [3.05, 3.63) is 66.4 Å². The van der Waals surface area contributed by atoms with Gasteiger partial charge in [0.05, 0.1) is 11.4 Å². The average Bonchev–Trinajstić information content (AvgIpc) is 3.12. The van der Waals surface area contributed by atoms with Crippen molar-refractivity contribution in [3.8, 4) is 11.3 Å². The molecule has 9 heteroatoms. The van der Waals surface area contributed by atoms with Crippen LogP contribution >= 0.6 is 0 Å². The summed E-state index contributed by atoms with van der Waals surface area (Å²) < 4.78 is 25.3. The van der Waals surface area contributed by atoms with Crippen LogP contribution in [0.4, 0.5) is 5.69 Å². The second kappa shape index (κ2) is 6.75. The van der Waals surface area contributed by atoms with Gasteiger partial charge < -0.3 is 0 Å². The van der Waals surface area contributed by atoms with Gasteiger partial charge in [-0.05, 0) is 30.3 Å². The maximum Gasteiger partial charge on any atom is 0.396 e. The molecule has 3 rings (SSSR count). The largest absolute Gasteiger partial charge is 0.396 e. The van der Waals surface area contributed by atoms with E-state index in [0.717, 1.165) is 0 Å². The first-order chi connectivity index (χ1) is 12.0. The number of hydroxylamine groups is 1. The van der Waals surface area contributed by atoms with Crippen LogP contribution in [0.25, 0.3) is 11.3 Å². The first-order valence-electron chi connectivity index (χ1n) is 7.19. The Hall–Kier alpha value is -3.17. The monoisotopic (exact) mass is 359 g/mol. The molecular formula is C16H15N4O4S+. The topological polar surface area (TPSA) is 129 Å². The van der Waals surface area contributed by atoms with E-state index < -0.39 is 15.9 Å². The third kappa shape index (κ3) is 3.67. The van der Waals surface area contributed by atoms with E-state index in [-0.39, 0.29) is 10.6 Å². The van der Waals surface area contributed by atoms with Crippen molar-refractivity contribution < 1.29 is 18.4 Å². The van der Waals surface area contributed by atoms with Gasteiger partial charge in [-0.15, -0.1) is 0 Å². The lowest BCUT2D eigenvalue weighted by molar-refractivity contribution is 0.0700. The number of hydrogen-bond acceptors (Lipinski definition) is 4. The lowest BCUT2D eigenvalue weighted by atomic mass is 10.1.